The summed E-state index contributed by atoms with van der Waals surface area (Å²) < 4.78 is 5.00. The Labute approximate surface area is 142 Å². The van der Waals surface area contributed by atoms with Gasteiger partial charge in [0.05, 0.1) is 23.6 Å². The molecule has 1 aliphatic heterocycles. The first kappa shape index (κ1) is 16.4. The van der Waals surface area contributed by atoms with E-state index in [4.69, 9.17) is 4.52 Å². The topological polar surface area (TPSA) is 70.4 Å². The maximum absolute atomic E-state index is 12.1. The molecular weight excluding hydrogens is 304 g/mol. The van der Waals surface area contributed by atoms with Crippen LogP contribution >= 0.6 is 0 Å². The second-order valence-corrected chi connectivity index (χ2v) is 6.15. The Kier molecular flexibility index (Phi) is 5.36. The largest absolute Gasteiger partial charge is 0.374 e. The van der Waals surface area contributed by atoms with E-state index in [1.807, 2.05) is 25.1 Å². The van der Waals surface area contributed by atoms with Gasteiger partial charge in [0, 0.05) is 19.2 Å². The number of hydrogen-bond acceptors (Lipinski definition) is 5. The quantitative estimate of drug-likeness (QED) is 0.880. The standard InChI is InChI=1S/C18H24N4O2/c1-14-12-18(24-21-14)20-17(23)13-19-15-8-4-5-9-16(15)22-10-6-2-3-7-11-22/h4-5,8-9,12,19H,2-3,6-7,10-11,13H2,1H3,(H,20,23). The number of nitrogens with one attached hydrogen (secondary N) is 2. The summed E-state index contributed by atoms with van der Waals surface area (Å²) in [6.07, 6.45) is 5.04. The SMILES string of the molecule is Cc1cc(NC(=O)CNc2ccccc2N2CCCCCC2)on1. The van der Waals surface area contributed by atoms with Gasteiger partial charge in [-0.1, -0.05) is 30.1 Å². The van der Waals surface area contributed by atoms with Crippen LogP contribution in [-0.4, -0.2) is 30.7 Å². The first-order valence-corrected chi connectivity index (χ1v) is 8.53. The molecule has 1 aromatic heterocycles. The molecule has 2 aromatic rings. The van der Waals surface area contributed by atoms with Crippen LogP contribution in [-0.2, 0) is 4.79 Å². The summed E-state index contributed by atoms with van der Waals surface area (Å²) in [4.78, 5) is 14.5. The lowest BCUT2D eigenvalue weighted by Gasteiger charge is -2.25. The predicted octanol–water partition coefficient (Wildman–Crippen LogP) is 3.41. The average Bonchev–Trinajstić information content (AvgIpc) is 2.84. The number of carbonyl (C=O) groups is 1. The summed E-state index contributed by atoms with van der Waals surface area (Å²) >= 11 is 0. The van der Waals surface area contributed by atoms with E-state index in [2.05, 4.69) is 26.8 Å². The first-order chi connectivity index (χ1) is 11.7. The second kappa shape index (κ2) is 7.86. The number of hydrogen-bond donors (Lipinski definition) is 2. The fourth-order valence-electron chi connectivity index (χ4n) is 2.99. The summed E-state index contributed by atoms with van der Waals surface area (Å²) in [6.45, 7) is 4.14. The molecular formula is C18H24N4O2. The second-order valence-electron chi connectivity index (χ2n) is 6.15. The third-order valence-corrected chi connectivity index (χ3v) is 4.18. The third kappa shape index (κ3) is 4.28. The zero-order valence-electron chi connectivity index (χ0n) is 14.0. The summed E-state index contributed by atoms with van der Waals surface area (Å²) in [7, 11) is 0. The minimum Gasteiger partial charge on any atom is -0.374 e. The summed E-state index contributed by atoms with van der Waals surface area (Å²) in [5, 5.41) is 9.70. The van der Waals surface area contributed by atoms with E-state index in [0.29, 0.717) is 5.88 Å². The molecule has 0 radical (unpaired) electrons. The van der Waals surface area contributed by atoms with Crippen molar-refractivity contribution in [2.75, 3.05) is 35.2 Å². The maximum Gasteiger partial charge on any atom is 0.246 e. The lowest BCUT2D eigenvalue weighted by Crippen LogP contribution is -2.26. The molecule has 0 spiro atoms. The van der Waals surface area contributed by atoms with Crippen molar-refractivity contribution < 1.29 is 9.32 Å². The summed E-state index contributed by atoms with van der Waals surface area (Å²) in [5.41, 5.74) is 2.90. The molecule has 0 bridgehead atoms. The molecule has 1 fully saturated rings. The zero-order chi connectivity index (χ0) is 16.8. The Balaban J connectivity index is 1.61. The molecule has 1 aliphatic rings. The highest BCUT2D eigenvalue weighted by molar-refractivity contribution is 5.93. The number of carbonyl (C=O) groups excluding carboxylic acids is 1. The van der Waals surface area contributed by atoms with Crippen molar-refractivity contribution >= 4 is 23.2 Å². The fraction of sp³-hybridized carbons (Fsp3) is 0.444. The van der Waals surface area contributed by atoms with Crippen LogP contribution in [0.25, 0.3) is 0 Å². The van der Waals surface area contributed by atoms with E-state index in [1.54, 1.807) is 6.07 Å². The number of benzene rings is 1. The van der Waals surface area contributed by atoms with Gasteiger partial charge in [-0.2, -0.15) is 0 Å². The highest BCUT2D eigenvalue weighted by atomic mass is 16.5. The lowest BCUT2D eigenvalue weighted by atomic mass is 10.2. The number of rotatable bonds is 5. The summed E-state index contributed by atoms with van der Waals surface area (Å²) in [5.74, 6) is 0.219. The van der Waals surface area contributed by atoms with Gasteiger partial charge in [-0.3, -0.25) is 10.1 Å². The molecule has 1 amide bonds. The molecule has 2 heterocycles. The smallest absolute Gasteiger partial charge is 0.246 e. The van der Waals surface area contributed by atoms with Gasteiger partial charge in [0.15, 0.2) is 0 Å². The maximum atomic E-state index is 12.1. The molecule has 0 aliphatic carbocycles. The number of amides is 1. The Morgan fingerprint density at radius 3 is 2.67 bits per heavy atom. The van der Waals surface area contributed by atoms with Crippen LogP contribution in [0, 0.1) is 6.92 Å². The molecule has 0 saturated carbocycles. The van der Waals surface area contributed by atoms with Crippen LogP contribution in [0.1, 0.15) is 31.4 Å². The lowest BCUT2D eigenvalue weighted by molar-refractivity contribution is -0.114. The number of anilines is 3. The van der Waals surface area contributed by atoms with Gasteiger partial charge in [-0.25, -0.2) is 0 Å². The number of aryl methyl sites for hydroxylation is 1. The van der Waals surface area contributed by atoms with Gasteiger partial charge < -0.3 is 14.7 Å². The molecule has 24 heavy (non-hydrogen) atoms. The molecule has 1 aromatic carbocycles. The Bertz CT molecular complexity index is 675. The van der Waals surface area contributed by atoms with Gasteiger partial charge in [-0.15, -0.1) is 0 Å². The van der Waals surface area contributed by atoms with Gasteiger partial charge in [0.2, 0.25) is 11.8 Å². The normalized spacial score (nSPS) is 15.0. The number of para-hydroxylation sites is 2. The fourth-order valence-corrected chi connectivity index (χ4v) is 2.99. The molecule has 0 unspecified atom stereocenters. The monoisotopic (exact) mass is 328 g/mol. The summed E-state index contributed by atoms with van der Waals surface area (Å²) in [6, 6.07) is 9.87. The van der Waals surface area contributed by atoms with Crippen molar-refractivity contribution in [1.29, 1.82) is 0 Å². The van der Waals surface area contributed by atoms with Crippen LogP contribution in [0.15, 0.2) is 34.9 Å². The van der Waals surface area contributed by atoms with E-state index < -0.39 is 0 Å². The van der Waals surface area contributed by atoms with E-state index in [9.17, 15) is 4.79 Å². The molecule has 0 atom stereocenters. The minimum atomic E-state index is -0.156. The molecule has 3 rings (SSSR count). The average molecular weight is 328 g/mol. The van der Waals surface area contributed by atoms with E-state index >= 15 is 0 Å². The minimum absolute atomic E-state index is 0.156. The van der Waals surface area contributed by atoms with Crippen molar-refractivity contribution in [1.82, 2.24) is 5.16 Å². The Morgan fingerprint density at radius 2 is 1.96 bits per heavy atom. The number of nitrogens with zero attached hydrogens (tertiary/aromatic N) is 2. The van der Waals surface area contributed by atoms with Crippen molar-refractivity contribution in [3.8, 4) is 0 Å². The highest BCUT2D eigenvalue weighted by Gasteiger charge is 2.14. The Morgan fingerprint density at radius 1 is 1.21 bits per heavy atom. The van der Waals surface area contributed by atoms with Crippen molar-refractivity contribution in [3.63, 3.8) is 0 Å². The van der Waals surface area contributed by atoms with Crippen LogP contribution in [0.3, 0.4) is 0 Å². The molecule has 6 heteroatoms. The van der Waals surface area contributed by atoms with Crippen LogP contribution in [0.4, 0.5) is 17.3 Å². The van der Waals surface area contributed by atoms with E-state index in [0.717, 1.165) is 24.5 Å². The van der Waals surface area contributed by atoms with Crippen LogP contribution in [0.5, 0.6) is 0 Å². The number of aromatic nitrogens is 1. The van der Waals surface area contributed by atoms with Crippen molar-refractivity contribution in [2.24, 2.45) is 0 Å². The molecule has 2 N–H and O–H groups in total. The molecule has 1 saturated heterocycles. The third-order valence-electron chi connectivity index (χ3n) is 4.18. The van der Waals surface area contributed by atoms with Crippen LogP contribution < -0.4 is 15.5 Å². The molecule has 128 valence electrons. The van der Waals surface area contributed by atoms with Crippen molar-refractivity contribution in [3.05, 3.63) is 36.0 Å². The van der Waals surface area contributed by atoms with Gasteiger partial charge in [0.25, 0.3) is 0 Å². The van der Waals surface area contributed by atoms with Gasteiger partial charge in [0.1, 0.15) is 0 Å². The first-order valence-electron chi connectivity index (χ1n) is 8.53. The van der Waals surface area contributed by atoms with Crippen molar-refractivity contribution in [2.45, 2.75) is 32.6 Å². The highest BCUT2D eigenvalue weighted by Crippen LogP contribution is 2.27. The molecule has 6 nitrogen and oxygen atoms in total. The zero-order valence-corrected chi connectivity index (χ0v) is 14.0. The van der Waals surface area contributed by atoms with Gasteiger partial charge in [-0.05, 0) is 31.9 Å². The van der Waals surface area contributed by atoms with E-state index in [-0.39, 0.29) is 12.5 Å². The Hall–Kier alpha value is -2.50. The van der Waals surface area contributed by atoms with E-state index in [1.165, 1.54) is 31.4 Å². The van der Waals surface area contributed by atoms with Gasteiger partial charge >= 0.3 is 0 Å². The van der Waals surface area contributed by atoms with Crippen LogP contribution in [0.2, 0.25) is 0 Å². The predicted molar refractivity (Wildman–Crippen MR) is 95.5 cm³/mol.